The highest BCUT2D eigenvalue weighted by molar-refractivity contribution is 5.10. The number of hydrogen-bond donors (Lipinski definition) is 2. The van der Waals surface area contributed by atoms with Crippen molar-refractivity contribution in [2.24, 2.45) is 11.1 Å². The van der Waals surface area contributed by atoms with Crippen LogP contribution >= 0.6 is 0 Å². The van der Waals surface area contributed by atoms with Crippen molar-refractivity contribution in [2.45, 2.75) is 32.4 Å². The van der Waals surface area contributed by atoms with E-state index in [0.29, 0.717) is 19.8 Å². The summed E-state index contributed by atoms with van der Waals surface area (Å²) in [5, 5.41) is 14.8. The number of nitrogens with two attached hydrogens (primary N) is 1. The van der Waals surface area contributed by atoms with Crippen molar-refractivity contribution >= 4 is 0 Å². The first-order valence-electron chi connectivity index (χ1n) is 6.21. The lowest BCUT2D eigenvalue weighted by molar-refractivity contribution is -0.0613. The molecule has 0 bridgehead atoms. The zero-order chi connectivity index (χ0) is 12.3. The molecular formula is C12H21N3O2. The fourth-order valence-electron chi connectivity index (χ4n) is 2.52. The van der Waals surface area contributed by atoms with E-state index in [2.05, 4.69) is 5.10 Å². The Hall–Kier alpha value is -0.910. The molecule has 5 nitrogen and oxygen atoms in total. The predicted octanol–water partition coefficient (Wildman–Crippen LogP) is 0.692. The van der Waals surface area contributed by atoms with Crippen molar-refractivity contribution in [1.29, 1.82) is 0 Å². The second-order valence-electron chi connectivity index (χ2n) is 4.65. The third kappa shape index (κ3) is 2.22. The van der Waals surface area contributed by atoms with Crippen molar-refractivity contribution in [3.05, 3.63) is 18.0 Å². The molecule has 0 aromatic carbocycles. The van der Waals surface area contributed by atoms with Gasteiger partial charge in [0, 0.05) is 37.9 Å². The van der Waals surface area contributed by atoms with Gasteiger partial charge in [0.15, 0.2) is 0 Å². The molecule has 1 aromatic rings. The lowest BCUT2D eigenvalue weighted by Crippen LogP contribution is -2.42. The summed E-state index contributed by atoms with van der Waals surface area (Å²) in [5.74, 6) is 0. The fourth-order valence-corrected chi connectivity index (χ4v) is 2.52. The smallest absolute Gasteiger partial charge is 0.103 e. The van der Waals surface area contributed by atoms with Crippen LogP contribution in [0.4, 0.5) is 0 Å². The summed E-state index contributed by atoms with van der Waals surface area (Å²) >= 11 is 0. The van der Waals surface area contributed by atoms with Gasteiger partial charge in [0.05, 0.1) is 5.69 Å². The maximum absolute atomic E-state index is 10.6. The van der Waals surface area contributed by atoms with E-state index in [1.807, 2.05) is 17.7 Å². The van der Waals surface area contributed by atoms with Crippen molar-refractivity contribution < 1.29 is 9.84 Å². The van der Waals surface area contributed by atoms with E-state index in [9.17, 15) is 5.11 Å². The highest BCUT2D eigenvalue weighted by Crippen LogP contribution is 2.41. The van der Waals surface area contributed by atoms with Gasteiger partial charge in [-0.25, -0.2) is 0 Å². The van der Waals surface area contributed by atoms with Gasteiger partial charge in [0.25, 0.3) is 0 Å². The Labute approximate surface area is 102 Å². The molecule has 17 heavy (non-hydrogen) atoms. The summed E-state index contributed by atoms with van der Waals surface area (Å²) in [7, 11) is 0. The first kappa shape index (κ1) is 12.5. The number of aromatic nitrogens is 2. The standard InChI is InChI=1S/C12H21N3O2/c1-2-15-10(3-6-14-15)11(16)12(9-13)4-7-17-8-5-12/h3,6,11,16H,2,4-5,7-9,13H2,1H3/t11-/m1/s1. The van der Waals surface area contributed by atoms with Gasteiger partial charge in [0.1, 0.15) is 6.10 Å². The van der Waals surface area contributed by atoms with Gasteiger partial charge in [-0.15, -0.1) is 0 Å². The molecule has 2 rings (SSSR count). The molecule has 0 unspecified atom stereocenters. The Morgan fingerprint density at radius 1 is 1.59 bits per heavy atom. The maximum atomic E-state index is 10.6. The highest BCUT2D eigenvalue weighted by atomic mass is 16.5. The Balaban J connectivity index is 2.24. The Kier molecular flexibility index (Phi) is 3.81. The number of hydrogen-bond acceptors (Lipinski definition) is 4. The molecule has 1 atom stereocenters. The molecule has 2 heterocycles. The fraction of sp³-hybridized carbons (Fsp3) is 0.750. The lowest BCUT2D eigenvalue weighted by atomic mass is 9.74. The first-order chi connectivity index (χ1) is 8.23. The summed E-state index contributed by atoms with van der Waals surface area (Å²) in [6, 6.07) is 1.88. The molecular weight excluding hydrogens is 218 g/mol. The van der Waals surface area contributed by atoms with Gasteiger partial charge in [-0.1, -0.05) is 0 Å². The van der Waals surface area contributed by atoms with E-state index in [1.165, 1.54) is 0 Å². The molecule has 3 N–H and O–H groups in total. The number of ether oxygens (including phenoxy) is 1. The van der Waals surface area contributed by atoms with Crippen LogP contribution in [0.3, 0.4) is 0 Å². The molecule has 1 saturated heterocycles. The van der Waals surface area contributed by atoms with E-state index < -0.39 is 6.10 Å². The molecule has 5 heteroatoms. The average Bonchev–Trinajstić information content (AvgIpc) is 2.86. The van der Waals surface area contributed by atoms with Gasteiger partial charge in [-0.3, -0.25) is 4.68 Å². The van der Waals surface area contributed by atoms with Crippen LogP contribution in [0.1, 0.15) is 31.6 Å². The van der Waals surface area contributed by atoms with E-state index in [0.717, 1.165) is 25.1 Å². The van der Waals surface area contributed by atoms with Gasteiger partial charge in [-0.2, -0.15) is 5.10 Å². The number of aryl methyl sites for hydroxylation is 1. The number of nitrogens with zero attached hydrogens (tertiary/aromatic N) is 2. The largest absolute Gasteiger partial charge is 0.386 e. The van der Waals surface area contributed by atoms with Crippen molar-refractivity contribution in [3.63, 3.8) is 0 Å². The monoisotopic (exact) mass is 239 g/mol. The van der Waals surface area contributed by atoms with Crippen LogP contribution < -0.4 is 5.73 Å². The molecule has 0 amide bonds. The van der Waals surface area contributed by atoms with E-state index in [1.54, 1.807) is 6.20 Å². The molecule has 0 aliphatic carbocycles. The van der Waals surface area contributed by atoms with Crippen LogP contribution in [0.2, 0.25) is 0 Å². The third-order valence-corrected chi connectivity index (χ3v) is 3.80. The second-order valence-corrected chi connectivity index (χ2v) is 4.65. The van der Waals surface area contributed by atoms with Crippen LogP contribution in [-0.2, 0) is 11.3 Å². The Morgan fingerprint density at radius 2 is 2.29 bits per heavy atom. The third-order valence-electron chi connectivity index (χ3n) is 3.80. The van der Waals surface area contributed by atoms with Gasteiger partial charge >= 0.3 is 0 Å². The molecule has 1 fully saturated rings. The van der Waals surface area contributed by atoms with E-state index in [-0.39, 0.29) is 5.41 Å². The summed E-state index contributed by atoms with van der Waals surface area (Å²) in [4.78, 5) is 0. The van der Waals surface area contributed by atoms with Crippen molar-refractivity contribution in [1.82, 2.24) is 9.78 Å². The second kappa shape index (κ2) is 5.16. The highest BCUT2D eigenvalue weighted by Gasteiger charge is 2.40. The molecule has 1 aromatic heterocycles. The summed E-state index contributed by atoms with van der Waals surface area (Å²) in [6.07, 6.45) is 2.78. The summed E-state index contributed by atoms with van der Waals surface area (Å²) in [6.45, 7) is 4.61. The topological polar surface area (TPSA) is 73.3 Å². The minimum atomic E-state index is -0.557. The van der Waals surface area contributed by atoms with Crippen LogP contribution in [0, 0.1) is 5.41 Å². The van der Waals surface area contributed by atoms with Gasteiger partial charge in [0.2, 0.25) is 0 Å². The maximum Gasteiger partial charge on any atom is 0.103 e. The van der Waals surface area contributed by atoms with Crippen molar-refractivity contribution in [3.8, 4) is 0 Å². The van der Waals surface area contributed by atoms with Gasteiger partial charge < -0.3 is 15.6 Å². The molecule has 0 radical (unpaired) electrons. The normalized spacial score (nSPS) is 21.4. The van der Waals surface area contributed by atoms with E-state index >= 15 is 0 Å². The van der Waals surface area contributed by atoms with E-state index in [4.69, 9.17) is 10.5 Å². The van der Waals surface area contributed by atoms with Crippen LogP contribution in [0.5, 0.6) is 0 Å². The Morgan fingerprint density at radius 3 is 2.88 bits per heavy atom. The molecule has 0 saturated carbocycles. The van der Waals surface area contributed by atoms with Crippen molar-refractivity contribution in [2.75, 3.05) is 19.8 Å². The summed E-state index contributed by atoms with van der Waals surface area (Å²) < 4.78 is 7.19. The first-order valence-corrected chi connectivity index (χ1v) is 6.21. The molecule has 1 aliphatic rings. The number of rotatable bonds is 4. The molecule has 96 valence electrons. The van der Waals surface area contributed by atoms with Gasteiger partial charge in [-0.05, 0) is 25.8 Å². The lowest BCUT2D eigenvalue weighted by Gasteiger charge is -2.40. The zero-order valence-electron chi connectivity index (χ0n) is 10.3. The molecule has 1 aliphatic heterocycles. The number of aliphatic hydroxyl groups excluding tert-OH is 1. The molecule has 0 spiro atoms. The van der Waals surface area contributed by atoms with Crippen LogP contribution in [0.15, 0.2) is 12.3 Å². The van der Waals surface area contributed by atoms with Crippen LogP contribution in [-0.4, -0.2) is 34.6 Å². The quantitative estimate of drug-likeness (QED) is 0.811. The minimum absolute atomic E-state index is 0.259. The SMILES string of the molecule is CCn1nccc1[C@@H](O)C1(CN)CCOCC1. The minimum Gasteiger partial charge on any atom is -0.386 e. The summed E-state index contributed by atoms with van der Waals surface area (Å²) in [5.41, 5.74) is 6.49. The Bertz CT molecular complexity index is 358. The average molecular weight is 239 g/mol. The number of aliphatic hydroxyl groups is 1. The predicted molar refractivity (Wildman–Crippen MR) is 64.4 cm³/mol. The zero-order valence-corrected chi connectivity index (χ0v) is 10.3. The van der Waals surface area contributed by atoms with Crippen LogP contribution in [0.25, 0.3) is 0 Å².